The van der Waals surface area contributed by atoms with Gasteiger partial charge in [0.05, 0.1) is 5.60 Å². The van der Waals surface area contributed by atoms with E-state index in [0.717, 1.165) is 6.42 Å². The third kappa shape index (κ3) is 8.90. The Bertz CT molecular complexity index is 191. The Hall–Kier alpha value is -0.370. The third-order valence-corrected chi connectivity index (χ3v) is 2.73. The highest BCUT2D eigenvalue weighted by molar-refractivity contribution is 5.79. The third-order valence-electron chi connectivity index (χ3n) is 2.73. The highest BCUT2D eigenvalue weighted by Gasteiger charge is 2.16. The van der Waals surface area contributed by atoms with E-state index < -0.39 is 0 Å². The molecule has 0 aliphatic carbocycles. The number of Topliss-reactive ketones (excluding diaryl/α,β-unsaturated/α-hetero) is 1. The minimum absolute atomic E-state index is 0.208. The molecule has 0 saturated carbocycles. The molecule has 0 rings (SSSR count). The summed E-state index contributed by atoms with van der Waals surface area (Å²) in [7, 11) is 0. The van der Waals surface area contributed by atoms with E-state index in [4.69, 9.17) is 4.74 Å². The summed E-state index contributed by atoms with van der Waals surface area (Å²) < 4.78 is 5.49. The predicted molar refractivity (Wildman–Crippen MR) is 68.6 cm³/mol. The van der Waals surface area contributed by atoms with Crippen molar-refractivity contribution in [2.24, 2.45) is 5.92 Å². The summed E-state index contributed by atoms with van der Waals surface area (Å²) in [5.41, 5.74) is -0.208. The minimum atomic E-state index is -0.208. The van der Waals surface area contributed by atoms with Crippen LogP contribution in [0.1, 0.15) is 66.7 Å². The van der Waals surface area contributed by atoms with E-state index in [9.17, 15) is 4.79 Å². The van der Waals surface area contributed by atoms with Crippen molar-refractivity contribution in [1.82, 2.24) is 0 Å². The molecule has 0 bridgehead atoms. The summed E-state index contributed by atoms with van der Waals surface area (Å²) in [6.07, 6.45) is 5.40. The minimum Gasteiger partial charge on any atom is -0.368 e. The number of ether oxygens (including phenoxy) is 1. The Morgan fingerprint density at radius 2 is 1.88 bits per heavy atom. The van der Waals surface area contributed by atoms with Crippen LogP contribution in [0.4, 0.5) is 0 Å². The first kappa shape index (κ1) is 15.6. The fourth-order valence-corrected chi connectivity index (χ4v) is 1.62. The molecule has 0 radical (unpaired) electrons. The fourth-order valence-electron chi connectivity index (χ4n) is 1.62. The van der Waals surface area contributed by atoms with Crippen LogP contribution in [0.25, 0.3) is 0 Å². The molecular weight excluding hydrogens is 200 g/mol. The van der Waals surface area contributed by atoms with Gasteiger partial charge in [0.1, 0.15) is 6.61 Å². The summed E-state index contributed by atoms with van der Waals surface area (Å²) in [5, 5.41) is 0. The van der Waals surface area contributed by atoms with E-state index in [2.05, 4.69) is 13.8 Å². The second-order valence-electron chi connectivity index (χ2n) is 5.56. The first-order valence-corrected chi connectivity index (χ1v) is 6.54. The molecule has 0 fully saturated rings. The van der Waals surface area contributed by atoms with Gasteiger partial charge in [-0.2, -0.15) is 0 Å². The zero-order valence-corrected chi connectivity index (χ0v) is 11.6. The molecule has 1 unspecified atom stereocenters. The van der Waals surface area contributed by atoms with Crippen molar-refractivity contribution >= 4 is 5.78 Å². The second kappa shape index (κ2) is 7.83. The van der Waals surface area contributed by atoms with Gasteiger partial charge >= 0.3 is 0 Å². The zero-order valence-electron chi connectivity index (χ0n) is 11.6. The van der Waals surface area contributed by atoms with Crippen LogP contribution in [0.5, 0.6) is 0 Å². The van der Waals surface area contributed by atoms with Crippen molar-refractivity contribution in [2.45, 2.75) is 72.3 Å². The summed E-state index contributed by atoms with van der Waals surface area (Å²) in [5.74, 6) is 0.800. The summed E-state index contributed by atoms with van der Waals surface area (Å²) in [6, 6.07) is 0. The van der Waals surface area contributed by atoms with Crippen LogP contribution in [0.2, 0.25) is 0 Å². The van der Waals surface area contributed by atoms with Gasteiger partial charge in [-0.1, -0.05) is 39.5 Å². The van der Waals surface area contributed by atoms with Crippen LogP contribution >= 0.6 is 0 Å². The highest BCUT2D eigenvalue weighted by atomic mass is 16.5. The first-order valence-electron chi connectivity index (χ1n) is 6.54. The maximum atomic E-state index is 11.7. The van der Waals surface area contributed by atoms with Crippen molar-refractivity contribution < 1.29 is 9.53 Å². The van der Waals surface area contributed by atoms with E-state index >= 15 is 0 Å². The Morgan fingerprint density at radius 1 is 1.25 bits per heavy atom. The Labute approximate surface area is 101 Å². The lowest BCUT2D eigenvalue weighted by Crippen LogP contribution is -2.24. The quantitative estimate of drug-likeness (QED) is 0.628. The van der Waals surface area contributed by atoms with E-state index in [1.54, 1.807) is 0 Å². The largest absolute Gasteiger partial charge is 0.368 e. The number of carbonyl (C=O) groups excluding carboxylic acids is 1. The number of unbranched alkanes of at least 4 members (excludes halogenated alkanes) is 1. The van der Waals surface area contributed by atoms with Crippen LogP contribution < -0.4 is 0 Å². The van der Waals surface area contributed by atoms with Gasteiger partial charge < -0.3 is 4.74 Å². The lowest BCUT2D eigenvalue weighted by atomic mass is 9.94. The maximum Gasteiger partial charge on any atom is 0.158 e. The van der Waals surface area contributed by atoms with Crippen molar-refractivity contribution in [3.63, 3.8) is 0 Å². The van der Waals surface area contributed by atoms with Crippen molar-refractivity contribution in [2.75, 3.05) is 6.61 Å². The van der Waals surface area contributed by atoms with Gasteiger partial charge in [-0.25, -0.2) is 0 Å². The van der Waals surface area contributed by atoms with Gasteiger partial charge in [-0.3, -0.25) is 4.79 Å². The molecule has 0 aliphatic heterocycles. The monoisotopic (exact) mass is 228 g/mol. The molecule has 1 atom stereocenters. The standard InChI is InChI=1S/C14H28O2/c1-6-8-9-12(7-2)10-13(15)11-16-14(3,4)5/h12H,6-11H2,1-5H3. The Morgan fingerprint density at radius 3 is 2.31 bits per heavy atom. The molecule has 0 aromatic carbocycles. The molecule has 0 aliphatic rings. The molecule has 0 saturated heterocycles. The van der Waals surface area contributed by atoms with Crippen LogP contribution in [0.15, 0.2) is 0 Å². The molecule has 0 spiro atoms. The SMILES string of the molecule is CCCCC(CC)CC(=O)COC(C)(C)C. The van der Waals surface area contributed by atoms with Crippen LogP contribution in [0, 0.1) is 5.92 Å². The number of rotatable bonds is 8. The fraction of sp³-hybridized carbons (Fsp3) is 0.929. The van der Waals surface area contributed by atoms with Crippen LogP contribution in [0.3, 0.4) is 0 Å². The molecule has 0 N–H and O–H groups in total. The van der Waals surface area contributed by atoms with Crippen molar-refractivity contribution in [1.29, 1.82) is 0 Å². The average molecular weight is 228 g/mol. The lowest BCUT2D eigenvalue weighted by Gasteiger charge is -2.20. The van der Waals surface area contributed by atoms with E-state index in [1.807, 2.05) is 20.8 Å². The number of carbonyl (C=O) groups is 1. The number of ketones is 1. The zero-order chi connectivity index (χ0) is 12.6. The summed E-state index contributed by atoms with van der Waals surface area (Å²) >= 11 is 0. The molecular formula is C14H28O2. The Kier molecular flexibility index (Phi) is 7.65. The van der Waals surface area contributed by atoms with E-state index in [-0.39, 0.29) is 18.0 Å². The van der Waals surface area contributed by atoms with Crippen LogP contribution in [-0.4, -0.2) is 18.0 Å². The topological polar surface area (TPSA) is 26.3 Å². The highest BCUT2D eigenvalue weighted by Crippen LogP contribution is 2.17. The van der Waals surface area contributed by atoms with Gasteiger partial charge in [0.25, 0.3) is 0 Å². The molecule has 0 amide bonds. The van der Waals surface area contributed by atoms with Gasteiger partial charge in [-0.05, 0) is 26.7 Å². The Balaban J connectivity index is 3.83. The van der Waals surface area contributed by atoms with Crippen molar-refractivity contribution in [3.8, 4) is 0 Å². The lowest BCUT2D eigenvalue weighted by molar-refractivity contribution is -0.129. The van der Waals surface area contributed by atoms with Crippen molar-refractivity contribution in [3.05, 3.63) is 0 Å². The van der Waals surface area contributed by atoms with Gasteiger partial charge in [0.15, 0.2) is 5.78 Å². The molecule has 96 valence electrons. The number of hydrogen-bond donors (Lipinski definition) is 0. The smallest absolute Gasteiger partial charge is 0.158 e. The second-order valence-corrected chi connectivity index (χ2v) is 5.56. The summed E-state index contributed by atoms with van der Waals surface area (Å²) in [4.78, 5) is 11.7. The first-order chi connectivity index (χ1) is 7.39. The molecule has 0 aromatic heterocycles. The molecule has 0 heterocycles. The normalized spacial score (nSPS) is 13.8. The molecule has 0 aromatic rings. The van der Waals surface area contributed by atoms with Gasteiger partial charge in [-0.15, -0.1) is 0 Å². The predicted octanol–water partition coefficient (Wildman–Crippen LogP) is 3.98. The molecule has 16 heavy (non-hydrogen) atoms. The number of hydrogen-bond acceptors (Lipinski definition) is 2. The molecule has 2 nitrogen and oxygen atoms in total. The maximum absolute atomic E-state index is 11.7. The van der Waals surface area contributed by atoms with Gasteiger partial charge in [0.2, 0.25) is 0 Å². The van der Waals surface area contributed by atoms with E-state index in [0.29, 0.717) is 12.3 Å². The summed E-state index contributed by atoms with van der Waals surface area (Å²) in [6.45, 7) is 10.6. The van der Waals surface area contributed by atoms with E-state index in [1.165, 1.54) is 19.3 Å². The van der Waals surface area contributed by atoms with Gasteiger partial charge in [0, 0.05) is 6.42 Å². The molecule has 2 heteroatoms. The average Bonchev–Trinajstić information content (AvgIpc) is 2.20. The van der Waals surface area contributed by atoms with Crippen LogP contribution in [-0.2, 0) is 9.53 Å².